The molecular formula is C35H47FN6O2. The lowest BCUT2D eigenvalue weighted by Gasteiger charge is -2.61. The predicted molar refractivity (Wildman–Crippen MR) is 175 cm³/mol. The second-order valence-electron chi connectivity index (χ2n) is 14.2. The third-order valence-electron chi connectivity index (χ3n) is 10.7. The fourth-order valence-corrected chi connectivity index (χ4v) is 8.04. The van der Waals surface area contributed by atoms with Gasteiger partial charge in [-0.25, -0.2) is 14.4 Å². The van der Waals surface area contributed by atoms with Gasteiger partial charge in [-0.05, 0) is 93.0 Å². The average molecular weight is 603 g/mol. The number of aromatic nitrogens is 2. The van der Waals surface area contributed by atoms with Crippen LogP contribution in [0, 0.1) is 29.0 Å². The summed E-state index contributed by atoms with van der Waals surface area (Å²) in [7, 11) is 1.51. The van der Waals surface area contributed by atoms with Crippen molar-refractivity contribution in [1.29, 1.82) is 0 Å². The van der Waals surface area contributed by atoms with Crippen LogP contribution in [-0.4, -0.2) is 58.7 Å². The number of nitrogens with zero attached hydrogens (tertiary/aromatic N) is 4. The van der Waals surface area contributed by atoms with Crippen molar-refractivity contribution in [2.75, 3.05) is 25.5 Å². The first-order chi connectivity index (χ1) is 20.9. The van der Waals surface area contributed by atoms with Crippen LogP contribution in [-0.2, 0) is 6.42 Å². The van der Waals surface area contributed by atoms with Crippen LogP contribution in [0.3, 0.4) is 0 Å². The molecule has 0 radical (unpaired) electrons. The summed E-state index contributed by atoms with van der Waals surface area (Å²) in [5.41, 5.74) is 2.28. The molecule has 2 bridgehead atoms. The molecule has 7 atom stereocenters. The smallest absolute Gasteiger partial charge is 0.261 e. The Labute approximate surface area is 260 Å². The number of ether oxygens (including phenoxy) is 1. The van der Waals surface area contributed by atoms with E-state index >= 15 is 0 Å². The highest BCUT2D eigenvalue weighted by atomic mass is 19.1. The third-order valence-corrected chi connectivity index (χ3v) is 10.7. The number of methoxy groups -OCH3 is 1. The Morgan fingerprint density at radius 1 is 1.16 bits per heavy atom. The van der Waals surface area contributed by atoms with Gasteiger partial charge in [0.25, 0.3) is 5.56 Å². The molecule has 2 N–H and O–H groups in total. The van der Waals surface area contributed by atoms with Gasteiger partial charge < -0.3 is 20.3 Å². The van der Waals surface area contributed by atoms with E-state index in [2.05, 4.69) is 55.1 Å². The number of anilines is 1. The summed E-state index contributed by atoms with van der Waals surface area (Å²) in [5, 5.41) is 7.82. The van der Waals surface area contributed by atoms with Crippen LogP contribution in [0.4, 0.5) is 10.1 Å². The molecule has 1 aliphatic heterocycles. The molecule has 2 aromatic carbocycles. The number of nitrogens with one attached hydrogen (secondary N) is 2. The van der Waals surface area contributed by atoms with Crippen LogP contribution < -0.4 is 20.9 Å². The van der Waals surface area contributed by atoms with Gasteiger partial charge in [-0.3, -0.25) is 9.36 Å². The summed E-state index contributed by atoms with van der Waals surface area (Å²) in [4.78, 5) is 26.0. The summed E-state index contributed by atoms with van der Waals surface area (Å²) in [6, 6.07) is 11.3. The number of piperazine rings is 1. The first-order valence-electron chi connectivity index (χ1n) is 16.1. The van der Waals surface area contributed by atoms with Crippen molar-refractivity contribution in [1.82, 2.24) is 19.8 Å². The zero-order chi connectivity index (χ0) is 31.3. The number of benzene rings is 2. The Morgan fingerprint density at radius 2 is 1.91 bits per heavy atom. The van der Waals surface area contributed by atoms with Crippen LogP contribution in [0.25, 0.3) is 10.9 Å². The van der Waals surface area contributed by atoms with Crippen molar-refractivity contribution in [3.63, 3.8) is 0 Å². The van der Waals surface area contributed by atoms with Crippen molar-refractivity contribution in [3.05, 3.63) is 64.5 Å². The van der Waals surface area contributed by atoms with Gasteiger partial charge in [0.15, 0.2) is 5.96 Å². The van der Waals surface area contributed by atoms with E-state index in [4.69, 9.17) is 9.73 Å². The largest absolute Gasteiger partial charge is 0.497 e. The molecule has 3 aliphatic carbocycles. The van der Waals surface area contributed by atoms with Gasteiger partial charge in [0.05, 0.1) is 30.4 Å². The Hall–Kier alpha value is -3.46. The summed E-state index contributed by atoms with van der Waals surface area (Å²) in [6.45, 7) is 15.3. The Balaban J connectivity index is 1.26. The average Bonchev–Trinajstić information content (AvgIpc) is 2.98. The standard InChI is InChI=1S/C35H47FN6O2/c1-20-17-41(18-21(2)38-20)34(40-31-14-25-13-29(23(31)4)35(25,5)6)39-26-9-11-28-32(15-26)37-19-42(33(28)43)22(3)12-24-8-10-27(44-7)16-30(24)36/h8-11,15-16,19-23,25,29,31,38H,12-14,17-18H2,1-7H3,(H,39,40)/t20-,21-,22+,23?,25+,29-,31-/m0/s1. The first-order valence-corrected chi connectivity index (χ1v) is 16.1. The molecular weight excluding hydrogens is 555 g/mol. The van der Waals surface area contributed by atoms with Crippen LogP contribution in [0.5, 0.6) is 5.75 Å². The van der Waals surface area contributed by atoms with Gasteiger partial charge in [0, 0.05) is 43.0 Å². The van der Waals surface area contributed by atoms with Gasteiger partial charge in [-0.2, -0.15) is 0 Å². The number of hydrogen-bond donors (Lipinski definition) is 2. The third kappa shape index (κ3) is 5.71. The number of guanidine groups is 1. The molecule has 3 aromatic rings. The van der Waals surface area contributed by atoms with Crippen LogP contribution in [0.2, 0.25) is 0 Å². The molecule has 0 spiro atoms. The lowest BCUT2D eigenvalue weighted by molar-refractivity contribution is -0.108. The minimum atomic E-state index is -0.345. The number of halogens is 1. The SMILES string of the molecule is COc1ccc(C[C@@H](C)n2cnc3cc(NC(=N[C@H]4C[C@H]5C[C@@H](C4C)C5(C)C)N4C[C@H](C)N[C@@H](C)C4)ccc3c2=O)c(F)c1. The summed E-state index contributed by atoms with van der Waals surface area (Å²) in [5.74, 6) is 3.01. The summed E-state index contributed by atoms with van der Waals surface area (Å²) in [6.07, 6.45) is 4.39. The maximum atomic E-state index is 14.6. The molecule has 8 nitrogen and oxygen atoms in total. The second kappa shape index (κ2) is 11.8. The highest BCUT2D eigenvalue weighted by molar-refractivity contribution is 5.96. The lowest BCUT2D eigenvalue weighted by Crippen LogP contribution is -2.59. The van der Waals surface area contributed by atoms with Gasteiger partial charge in [0.2, 0.25) is 0 Å². The maximum absolute atomic E-state index is 14.6. The number of rotatable bonds is 6. The summed E-state index contributed by atoms with van der Waals surface area (Å²) < 4.78 is 21.3. The number of aliphatic imine (C=N–C) groups is 1. The van der Waals surface area contributed by atoms with Crippen LogP contribution in [0.1, 0.15) is 66.0 Å². The Kier molecular flexibility index (Phi) is 8.20. The molecule has 4 fully saturated rings. The van der Waals surface area contributed by atoms with Gasteiger partial charge >= 0.3 is 0 Å². The van der Waals surface area contributed by atoms with E-state index in [0.29, 0.717) is 58.0 Å². The van der Waals surface area contributed by atoms with Crippen molar-refractivity contribution in [3.8, 4) is 5.75 Å². The molecule has 1 aromatic heterocycles. The van der Waals surface area contributed by atoms with E-state index < -0.39 is 0 Å². The minimum absolute atomic E-state index is 0.139. The van der Waals surface area contributed by atoms with Crippen LogP contribution >= 0.6 is 0 Å². The summed E-state index contributed by atoms with van der Waals surface area (Å²) >= 11 is 0. The van der Waals surface area contributed by atoms with Crippen molar-refractivity contribution in [2.24, 2.45) is 28.2 Å². The van der Waals surface area contributed by atoms with Crippen molar-refractivity contribution >= 4 is 22.5 Å². The highest BCUT2D eigenvalue weighted by Gasteiger charge is 2.56. The van der Waals surface area contributed by atoms with Crippen LogP contribution in [0.15, 0.2) is 52.5 Å². The molecule has 1 saturated heterocycles. The molecule has 1 unspecified atom stereocenters. The number of fused-ring (bicyclic) bond motifs is 3. The van der Waals surface area contributed by atoms with E-state index in [0.717, 1.165) is 37.1 Å². The van der Waals surface area contributed by atoms with E-state index in [1.165, 1.54) is 19.6 Å². The normalized spacial score (nSPS) is 28.8. The highest BCUT2D eigenvalue weighted by Crippen LogP contribution is 2.61. The van der Waals surface area contributed by atoms with Gasteiger partial charge in [-0.1, -0.05) is 26.8 Å². The van der Waals surface area contributed by atoms with E-state index in [1.807, 2.05) is 25.1 Å². The van der Waals surface area contributed by atoms with E-state index in [1.54, 1.807) is 23.0 Å². The molecule has 2 heterocycles. The van der Waals surface area contributed by atoms with Gasteiger partial charge in [0.1, 0.15) is 11.6 Å². The molecule has 4 aliphatic rings. The molecule has 236 valence electrons. The van der Waals surface area contributed by atoms with E-state index in [9.17, 15) is 9.18 Å². The topological polar surface area (TPSA) is 83.8 Å². The predicted octanol–water partition coefficient (Wildman–Crippen LogP) is 5.87. The molecule has 7 rings (SSSR count). The monoisotopic (exact) mass is 602 g/mol. The zero-order valence-electron chi connectivity index (χ0n) is 27.1. The van der Waals surface area contributed by atoms with Crippen molar-refractivity contribution < 1.29 is 9.13 Å². The molecule has 9 heteroatoms. The van der Waals surface area contributed by atoms with E-state index in [-0.39, 0.29) is 23.5 Å². The maximum Gasteiger partial charge on any atom is 0.261 e. The zero-order valence-corrected chi connectivity index (χ0v) is 27.1. The molecule has 0 amide bonds. The molecule has 3 saturated carbocycles. The Bertz CT molecular complexity index is 1610. The van der Waals surface area contributed by atoms with Crippen molar-refractivity contribution in [2.45, 2.75) is 85.0 Å². The quantitative estimate of drug-likeness (QED) is 0.271. The fraction of sp³-hybridized carbons (Fsp3) is 0.571. The fourth-order valence-electron chi connectivity index (χ4n) is 8.04. The lowest BCUT2D eigenvalue weighted by atomic mass is 9.45. The minimum Gasteiger partial charge on any atom is -0.497 e. The second-order valence-corrected chi connectivity index (χ2v) is 14.2. The first kappa shape index (κ1) is 30.6. The van der Waals surface area contributed by atoms with Gasteiger partial charge in [-0.15, -0.1) is 0 Å². The number of hydrogen-bond acceptors (Lipinski definition) is 5. The Morgan fingerprint density at radius 3 is 2.57 bits per heavy atom. The molecule has 44 heavy (non-hydrogen) atoms.